The average Bonchev–Trinajstić information content (AvgIpc) is 2.48. The van der Waals surface area contributed by atoms with Crippen LogP contribution in [-0.4, -0.2) is 15.0 Å². The van der Waals surface area contributed by atoms with E-state index in [0.717, 1.165) is 16.5 Å². The van der Waals surface area contributed by atoms with Crippen molar-refractivity contribution in [1.29, 1.82) is 0 Å². The predicted octanol–water partition coefficient (Wildman–Crippen LogP) is 2.05. The van der Waals surface area contributed by atoms with E-state index >= 15 is 0 Å². The highest BCUT2D eigenvalue weighted by molar-refractivity contribution is 5.94. The number of nitrogens with one attached hydrogen (secondary N) is 2. The fraction of sp³-hybridized carbons (Fsp3) is 0. The Bertz CT molecular complexity index is 707. The van der Waals surface area contributed by atoms with Crippen molar-refractivity contribution in [2.24, 2.45) is 5.84 Å². The summed E-state index contributed by atoms with van der Waals surface area (Å²) in [5.74, 6) is 6.54. The maximum atomic E-state index is 5.32. The molecule has 0 aliphatic rings. The summed E-state index contributed by atoms with van der Waals surface area (Å²) in [5, 5.41) is 5.39. The van der Waals surface area contributed by atoms with Crippen molar-refractivity contribution in [3.05, 3.63) is 49.1 Å². The van der Waals surface area contributed by atoms with Crippen LogP contribution in [0.2, 0.25) is 0 Å². The van der Waals surface area contributed by atoms with Crippen LogP contribution in [-0.2, 0) is 0 Å². The quantitative estimate of drug-likeness (QED) is 0.488. The van der Waals surface area contributed by atoms with Gasteiger partial charge in [-0.15, -0.1) is 0 Å². The lowest BCUT2D eigenvalue weighted by Gasteiger charge is -2.09. The highest BCUT2D eigenvalue weighted by atomic mass is 15.3. The Morgan fingerprint density at radius 1 is 1.05 bits per heavy atom. The third kappa shape index (κ3) is 2.29. The second-order valence-corrected chi connectivity index (χ2v) is 3.96. The van der Waals surface area contributed by atoms with Gasteiger partial charge < -0.3 is 10.7 Å². The molecule has 0 saturated carbocycles. The van der Waals surface area contributed by atoms with Crippen molar-refractivity contribution >= 4 is 28.1 Å². The summed E-state index contributed by atoms with van der Waals surface area (Å²) in [6, 6.07) is 9.69. The van der Waals surface area contributed by atoms with Crippen molar-refractivity contribution in [2.45, 2.75) is 0 Å². The van der Waals surface area contributed by atoms with Gasteiger partial charge in [-0.3, -0.25) is 4.98 Å². The van der Waals surface area contributed by atoms with E-state index in [0.29, 0.717) is 11.6 Å². The van der Waals surface area contributed by atoms with Crippen molar-refractivity contribution in [3.63, 3.8) is 0 Å². The van der Waals surface area contributed by atoms with Gasteiger partial charge in [0.15, 0.2) is 0 Å². The van der Waals surface area contributed by atoms with Gasteiger partial charge in [0.2, 0.25) is 0 Å². The number of fused-ring (bicyclic) bond motifs is 1. The summed E-state index contributed by atoms with van der Waals surface area (Å²) < 4.78 is 0. The Morgan fingerprint density at radius 2 is 1.95 bits per heavy atom. The van der Waals surface area contributed by atoms with Crippen LogP contribution in [0.4, 0.5) is 17.3 Å². The number of hydrogen-bond donors (Lipinski definition) is 3. The molecule has 3 rings (SSSR count). The van der Waals surface area contributed by atoms with Gasteiger partial charge in [0.05, 0.1) is 0 Å². The molecular weight excluding hydrogens is 240 g/mol. The lowest BCUT2D eigenvalue weighted by atomic mass is 10.1. The van der Waals surface area contributed by atoms with Crippen LogP contribution in [0.5, 0.6) is 0 Å². The lowest BCUT2D eigenvalue weighted by Crippen LogP contribution is -2.09. The smallest absolute Gasteiger partial charge is 0.145 e. The van der Waals surface area contributed by atoms with E-state index < -0.39 is 0 Å². The van der Waals surface area contributed by atoms with Crippen molar-refractivity contribution in [2.75, 3.05) is 10.7 Å². The topological polar surface area (TPSA) is 88.8 Å². The maximum Gasteiger partial charge on any atom is 0.145 e. The lowest BCUT2D eigenvalue weighted by molar-refractivity contribution is 1.14. The number of hydrazine groups is 1. The van der Waals surface area contributed by atoms with Crippen molar-refractivity contribution in [1.82, 2.24) is 15.0 Å². The highest BCUT2D eigenvalue weighted by Crippen LogP contribution is 2.25. The Labute approximate surface area is 109 Å². The fourth-order valence-corrected chi connectivity index (χ4v) is 1.86. The SMILES string of the molecule is NNc1cc(Nc2cccc3ccncc23)ncn1. The largest absolute Gasteiger partial charge is 0.340 e. The molecule has 0 fully saturated rings. The van der Waals surface area contributed by atoms with E-state index in [4.69, 9.17) is 5.84 Å². The second kappa shape index (κ2) is 4.87. The molecule has 2 aromatic heterocycles. The Morgan fingerprint density at radius 3 is 2.84 bits per heavy atom. The molecule has 6 nitrogen and oxygen atoms in total. The monoisotopic (exact) mass is 252 g/mol. The summed E-state index contributed by atoms with van der Waals surface area (Å²) in [4.78, 5) is 12.3. The molecule has 0 aliphatic carbocycles. The maximum absolute atomic E-state index is 5.32. The number of nitrogens with two attached hydrogens (primary N) is 1. The zero-order chi connectivity index (χ0) is 13.1. The number of anilines is 3. The number of hydrogen-bond acceptors (Lipinski definition) is 6. The van der Waals surface area contributed by atoms with Crippen LogP contribution in [0.25, 0.3) is 10.8 Å². The molecule has 6 heteroatoms. The first-order chi connectivity index (χ1) is 9.36. The van der Waals surface area contributed by atoms with Crippen LogP contribution in [0.15, 0.2) is 49.1 Å². The minimum atomic E-state index is 0.552. The van der Waals surface area contributed by atoms with Gasteiger partial charge in [0.25, 0.3) is 0 Å². The van der Waals surface area contributed by atoms with Crippen LogP contribution < -0.4 is 16.6 Å². The van der Waals surface area contributed by atoms with Crippen molar-refractivity contribution in [3.8, 4) is 0 Å². The molecular formula is C13H12N6. The van der Waals surface area contributed by atoms with Gasteiger partial charge in [0, 0.05) is 29.5 Å². The second-order valence-electron chi connectivity index (χ2n) is 3.96. The van der Waals surface area contributed by atoms with Gasteiger partial charge in [-0.05, 0) is 17.5 Å². The molecule has 2 heterocycles. The van der Waals surface area contributed by atoms with Gasteiger partial charge in [0.1, 0.15) is 18.0 Å². The number of nitrogens with zero attached hydrogens (tertiary/aromatic N) is 3. The number of benzene rings is 1. The summed E-state index contributed by atoms with van der Waals surface area (Å²) in [6.45, 7) is 0. The first-order valence-corrected chi connectivity index (χ1v) is 5.75. The standard InChI is InChI=1S/C13H12N6/c14-19-13-6-12(16-8-17-13)18-11-3-1-2-9-4-5-15-7-10(9)11/h1-8H,14H2,(H2,16,17,18,19). The first-order valence-electron chi connectivity index (χ1n) is 5.75. The molecule has 0 radical (unpaired) electrons. The van der Waals surface area contributed by atoms with E-state index in [1.807, 2.05) is 30.5 Å². The number of nitrogen functional groups attached to an aromatic ring is 1. The molecule has 0 aliphatic heterocycles. The van der Waals surface area contributed by atoms with Gasteiger partial charge in [-0.2, -0.15) is 0 Å². The Kier molecular flexibility index (Phi) is 2.91. The van der Waals surface area contributed by atoms with Gasteiger partial charge >= 0.3 is 0 Å². The van der Waals surface area contributed by atoms with Crippen LogP contribution in [0, 0.1) is 0 Å². The number of aromatic nitrogens is 3. The van der Waals surface area contributed by atoms with Gasteiger partial charge in [-0.1, -0.05) is 12.1 Å². The molecule has 0 amide bonds. The minimum Gasteiger partial charge on any atom is -0.340 e. The first kappa shape index (κ1) is 11.4. The molecule has 0 atom stereocenters. The predicted molar refractivity (Wildman–Crippen MR) is 74.9 cm³/mol. The Hall–Kier alpha value is -2.73. The summed E-state index contributed by atoms with van der Waals surface area (Å²) in [7, 11) is 0. The molecule has 3 aromatic rings. The number of rotatable bonds is 3. The van der Waals surface area contributed by atoms with E-state index in [-0.39, 0.29) is 0 Å². The molecule has 94 valence electrons. The minimum absolute atomic E-state index is 0.552. The average molecular weight is 252 g/mol. The van der Waals surface area contributed by atoms with Crippen LogP contribution in [0.3, 0.4) is 0 Å². The van der Waals surface area contributed by atoms with Crippen molar-refractivity contribution < 1.29 is 0 Å². The summed E-state index contributed by atoms with van der Waals surface area (Å²) >= 11 is 0. The van der Waals surface area contributed by atoms with Crippen LogP contribution in [0.1, 0.15) is 0 Å². The third-order valence-corrected chi connectivity index (χ3v) is 2.76. The summed E-state index contributed by atoms with van der Waals surface area (Å²) in [5.41, 5.74) is 3.42. The number of pyridine rings is 1. The van der Waals surface area contributed by atoms with E-state index in [1.165, 1.54) is 6.33 Å². The highest BCUT2D eigenvalue weighted by Gasteiger charge is 2.02. The molecule has 0 spiro atoms. The molecule has 4 N–H and O–H groups in total. The van der Waals surface area contributed by atoms with E-state index in [2.05, 4.69) is 25.7 Å². The summed E-state index contributed by atoms with van der Waals surface area (Å²) in [6.07, 6.45) is 5.04. The zero-order valence-corrected chi connectivity index (χ0v) is 10.0. The zero-order valence-electron chi connectivity index (χ0n) is 10.0. The molecule has 1 aromatic carbocycles. The molecule has 0 unspecified atom stereocenters. The van der Waals surface area contributed by atoms with Crippen LogP contribution >= 0.6 is 0 Å². The molecule has 0 bridgehead atoms. The molecule has 0 saturated heterocycles. The molecule has 19 heavy (non-hydrogen) atoms. The fourth-order valence-electron chi connectivity index (χ4n) is 1.86. The van der Waals surface area contributed by atoms with E-state index in [1.54, 1.807) is 12.3 Å². The van der Waals surface area contributed by atoms with E-state index in [9.17, 15) is 0 Å². The third-order valence-electron chi connectivity index (χ3n) is 2.76. The normalized spacial score (nSPS) is 10.4. The Balaban J connectivity index is 2.01. The van der Waals surface area contributed by atoms with Gasteiger partial charge in [-0.25, -0.2) is 15.8 Å².